The van der Waals surface area contributed by atoms with Gasteiger partial charge in [-0.15, -0.1) is 4.98 Å². The van der Waals surface area contributed by atoms with Crippen LogP contribution in [0.15, 0.2) is 60.9 Å². The molecular weight excluding hydrogens is 276 g/mol. The smallest absolute Gasteiger partial charge is 0.270 e. The summed E-state index contributed by atoms with van der Waals surface area (Å²) in [6, 6.07) is 14.3. The third-order valence-corrected chi connectivity index (χ3v) is 3.04. The largest absolute Gasteiger partial charge is 0.438 e. The second-order valence-electron chi connectivity index (χ2n) is 4.54. The van der Waals surface area contributed by atoms with E-state index >= 15 is 0 Å². The van der Waals surface area contributed by atoms with Crippen molar-refractivity contribution in [2.24, 2.45) is 0 Å². The minimum atomic E-state index is 0.333. The topological polar surface area (TPSA) is 65.4 Å². The minimum Gasteiger partial charge on any atom is -0.438 e. The van der Waals surface area contributed by atoms with Crippen molar-refractivity contribution in [3.63, 3.8) is 0 Å². The van der Waals surface area contributed by atoms with Gasteiger partial charge < -0.3 is 15.3 Å². The summed E-state index contributed by atoms with van der Waals surface area (Å²) in [5.74, 6) is 1.45. The van der Waals surface area contributed by atoms with Gasteiger partial charge >= 0.3 is 0 Å². The number of benzene rings is 1. The van der Waals surface area contributed by atoms with Crippen LogP contribution in [-0.4, -0.2) is 9.97 Å². The first-order valence-corrected chi connectivity index (χ1v) is 6.58. The average Bonchev–Trinajstić information content (AvgIpc) is 2.57. The molecule has 1 aromatic carbocycles. The molecule has 5 nitrogen and oxygen atoms in total. The van der Waals surface area contributed by atoms with E-state index in [4.69, 9.17) is 17.0 Å². The van der Waals surface area contributed by atoms with E-state index < -0.39 is 0 Å². The van der Waals surface area contributed by atoms with Crippen molar-refractivity contribution in [3.8, 4) is 22.8 Å². The Bertz CT molecular complexity index is 838. The summed E-state index contributed by atoms with van der Waals surface area (Å²) in [7, 11) is 0. The molecule has 0 saturated heterocycles. The number of rotatable bonds is 3. The Morgan fingerprint density at radius 2 is 1.82 bits per heavy atom. The molecule has 0 aliphatic rings. The van der Waals surface area contributed by atoms with Gasteiger partial charge in [-0.1, -0.05) is 6.57 Å². The normalized spacial score (nSPS) is 9.95. The van der Waals surface area contributed by atoms with Gasteiger partial charge in [-0.05, 0) is 54.1 Å². The quantitative estimate of drug-likeness (QED) is 0.583. The molecule has 0 aliphatic heterocycles. The van der Waals surface area contributed by atoms with E-state index in [0.717, 1.165) is 11.1 Å². The molecule has 5 heteroatoms. The van der Waals surface area contributed by atoms with Crippen LogP contribution in [0.5, 0.6) is 11.6 Å². The van der Waals surface area contributed by atoms with Gasteiger partial charge in [0.15, 0.2) is 0 Å². The zero-order chi connectivity index (χ0) is 15.4. The van der Waals surface area contributed by atoms with E-state index in [1.807, 2.05) is 18.2 Å². The third kappa shape index (κ3) is 2.86. The van der Waals surface area contributed by atoms with E-state index in [9.17, 15) is 0 Å². The van der Waals surface area contributed by atoms with Crippen molar-refractivity contribution in [2.45, 2.75) is 0 Å². The second kappa shape index (κ2) is 5.94. The molecule has 0 spiro atoms. The monoisotopic (exact) mass is 288 g/mol. The van der Waals surface area contributed by atoms with Crippen molar-refractivity contribution in [2.75, 3.05) is 5.73 Å². The van der Waals surface area contributed by atoms with Crippen LogP contribution in [0.1, 0.15) is 0 Å². The number of anilines is 1. The van der Waals surface area contributed by atoms with Crippen LogP contribution in [0, 0.1) is 6.57 Å². The van der Waals surface area contributed by atoms with E-state index in [1.165, 1.54) is 0 Å². The summed E-state index contributed by atoms with van der Waals surface area (Å²) in [5, 5.41) is 0. The number of pyridine rings is 2. The van der Waals surface area contributed by atoms with Crippen molar-refractivity contribution in [1.29, 1.82) is 0 Å². The summed E-state index contributed by atoms with van der Waals surface area (Å²) >= 11 is 0. The van der Waals surface area contributed by atoms with E-state index in [0.29, 0.717) is 23.1 Å². The summed E-state index contributed by atoms with van der Waals surface area (Å²) < 4.78 is 5.83. The minimum absolute atomic E-state index is 0.333. The van der Waals surface area contributed by atoms with Crippen molar-refractivity contribution >= 4 is 11.5 Å². The Labute approximate surface area is 127 Å². The fourth-order valence-corrected chi connectivity index (χ4v) is 1.99. The summed E-state index contributed by atoms with van der Waals surface area (Å²) in [5.41, 5.74) is 7.97. The molecule has 2 heterocycles. The van der Waals surface area contributed by atoms with Crippen LogP contribution >= 0.6 is 0 Å². The SMILES string of the molecule is [C-]#[N+]c1cc(-c2cccnc2Oc2ccc(N)cc2)ccn1. The van der Waals surface area contributed by atoms with Gasteiger partial charge in [0.25, 0.3) is 5.82 Å². The molecule has 3 aromatic rings. The van der Waals surface area contributed by atoms with Gasteiger partial charge in [-0.3, -0.25) is 0 Å². The van der Waals surface area contributed by atoms with Crippen molar-refractivity contribution in [3.05, 3.63) is 72.3 Å². The highest BCUT2D eigenvalue weighted by molar-refractivity contribution is 5.71. The fourth-order valence-electron chi connectivity index (χ4n) is 1.99. The maximum Gasteiger partial charge on any atom is 0.270 e. The number of ether oxygens (including phenoxy) is 1. The molecule has 0 bridgehead atoms. The predicted molar refractivity (Wildman–Crippen MR) is 84.7 cm³/mol. The number of hydrogen-bond acceptors (Lipinski definition) is 4. The molecule has 0 fully saturated rings. The van der Waals surface area contributed by atoms with Gasteiger partial charge in [-0.2, -0.15) is 0 Å². The number of nitrogens with two attached hydrogens (primary N) is 1. The van der Waals surface area contributed by atoms with Crippen LogP contribution in [0.3, 0.4) is 0 Å². The van der Waals surface area contributed by atoms with E-state index in [-0.39, 0.29) is 0 Å². The van der Waals surface area contributed by atoms with Crippen LogP contribution in [0.2, 0.25) is 0 Å². The number of nitrogens with zero attached hydrogens (tertiary/aromatic N) is 3. The first kappa shape index (κ1) is 13.6. The highest BCUT2D eigenvalue weighted by atomic mass is 16.5. The van der Waals surface area contributed by atoms with Gasteiger partial charge in [-0.25, -0.2) is 4.98 Å². The zero-order valence-corrected chi connectivity index (χ0v) is 11.6. The van der Waals surface area contributed by atoms with Crippen molar-refractivity contribution < 1.29 is 4.74 Å². The maximum absolute atomic E-state index is 7.06. The molecule has 3 rings (SSSR count). The molecule has 0 amide bonds. The molecule has 2 aromatic heterocycles. The van der Waals surface area contributed by atoms with Crippen LogP contribution < -0.4 is 10.5 Å². The summed E-state index contributed by atoms with van der Waals surface area (Å²) in [6.45, 7) is 7.06. The van der Waals surface area contributed by atoms with Gasteiger partial charge in [0.1, 0.15) is 11.9 Å². The van der Waals surface area contributed by atoms with Gasteiger partial charge in [0.05, 0.1) is 0 Å². The molecule has 0 atom stereocenters. The van der Waals surface area contributed by atoms with Crippen LogP contribution in [0.4, 0.5) is 11.5 Å². The highest BCUT2D eigenvalue weighted by Gasteiger charge is 2.09. The molecular formula is C17H12N4O. The Kier molecular flexibility index (Phi) is 3.67. The Morgan fingerprint density at radius 1 is 1.00 bits per heavy atom. The Hall–Kier alpha value is -3.39. The molecule has 0 saturated carbocycles. The molecule has 0 aliphatic carbocycles. The molecule has 22 heavy (non-hydrogen) atoms. The Balaban J connectivity index is 1.99. The van der Waals surface area contributed by atoms with E-state index in [1.54, 1.807) is 42.7 Å². The lowest BCUT2D eigenvalue weighted by Crippen LogP contribution is -1.92. The number of aromatic nitrogens is 2. The molecule has 2 N–H and O–H groups in total. The summed E-state index contributed by atoms with van der Waals surface area (Å²) in [4.78, 5) is 11.6. The highest BCUT2D eigenvalue weighted by Crippen LogP contribution is 2.32. The third-order valence-electron chi connectivity index (χ3n) is 3.04. The average molecular weight is 288 g/mol. The maximum atomic E-state index is 7.06. The predicted octanol–water partition coefficient (Wildman–Crippen LogP) is 4.07. The standard InChI is InChI=1S/C17H12N4O/c1-19-16-11-12(8-10-20-16)15-3-2-9-21-17(15)22-14-6-4-13(18)5-7-14/h2-11H,18H2. The first-order chi connectivity index (χ1) is 10.8. The van der Waals surface area contributed by atoms with Gasteiger partial charge in [0.2, 0.25) is 5.88 Å². The fraction of sp³-hybridized carbons (Fsp3) is 0. The van der Waals surface area contributed by atoms with Crippen LogP contribution in [0.25, 0.3) is 16.0 Å². The lowest BCUT2D eigenvalue weighted by atomic mass is 10.1. The van der Waals surface area contributed by atoms with Crippen molar-refractivity contribution in [1.82, 2.24) is 9.97 Å². The summed E-state index contributed by atoms with van der Waals surface area (Å²) in [6.07, 6.45) is 3.26. The van der Waals surface area contributed by atoms with Crippen LogP contribution in [-0.2, 0) is 0 Å². The number of nitrogen functional groups attached to an aromatic ring is 1. The Morgan fingerprint density at radius 3 is 2.59 bits per heavy atom. The lowest BCUT2D eigenvalue weighted by molar-refractivity contribution is 0.465. The zero-order valence-electron chi connectivity index (χ0n) is 11.6. The van der Waals surface area contributed by atoms with E-state index in [2.05, 4.69) is 14.8 Å². The first-order valence-electron chi connectivity index (χ1n) is 6.58. The van der Waals surface area contributed by atoms with Gasteiger partial charge in [0, 0.05) is 17.4 Å². The number of hydrogen-bond donors (Lipinski definition) is 1. The second-order valence-corrected chi connectivity index (χ2v) is 4.54. The molecule has 0 radical (unpaired) electrons. The lowest BCUT2D eigenvalue weighted by Gasteiger charge is -2.10. The molecule has 0 unspecified atom stereocenters. The molecule has 106 valence electrons.